The molecule has 1 aliphatic rings. The van der Waals surface area contributed by atoms with Gasteiger partial charge in [-0.1, -0.05) is 0 Å². The van der Waals surface area contributed by atoms with E-state index in [1.54, 1.807) is 11.0 Å². The van der Waals surface area contributed by atoms with Gasteiger partial charge in [0.05, 0.1) is 12.1 Å². The summed E-state index contributed by atoms with van der Waals surface area (Å²) in [7, 11) is 0. The van der Waals surface area contributed by atoms with Crippen LogP contribution in [0.2, 0.25) is 0 Å². The van der Waals surface area contributed by atoms with Crippen LogP contribution in [0.1, 0.15) is 25.3 Å². The van der Waals surface area contributed by atoms with Crippen molar-refractivity contribution >= 4 is 0 Å². The summed E-state index contributed by atoms with van der Waals surface area (Å²) in [6.45, 7) is 0. The van der Waals surface area contributed by atoms with E-state index in [-0.39, 0.29) is 12.1 Å². The Hall–Kier alpha value is -0.900. The largest absolute Gasteiger partial charge is 0.391 e. The number of hydrogen-bond donors (Lipinski definition) is 1. The lowest BCUT2D eigenvalue weighted by Gasteiger charge is -2.13. The second kappa shape index (κ2) is 2.62. The van der Waals surface area contributed by atoms with E-state index < -0.39 is 0 Å². The quantitative estimate of drug-likeness (QED) is 0.634. The molecule has 60 valence electrons. The zero-order valence-corrected chi connectivity index (χ0v) is 6.22. The minimum atomic E-state index is -0.225. The molecular formula is C7H11N3O. The molecule has 0 bridgehead atoms. The Bertz CT molecular complexity index is 222. The van der Waals surface area contributed by atoms with Crippen molar-refractivity contribution in [2.24, 2.45) is 0 Å². The summed E-state index contributed by atoms with van der Waals surface area (Å²) in [5.74, 6) is 0. The fourth-order valence-electron chi connectivity index (χ4n) is 1.62. The topological polar surface area (TPSA) is 50.9 Å². The molecule has 0 unspecified atom stereocenters. The molecule has 1 saturated carbocycles. The zero-order valence-electron chi connectivity index (χ0n) is 6.22. The smallest absolute Gasteiger partial charge is 0.137 e. The van der Waals surface area contributed by atoms with Crippen LogP contribution in [-0.4, -0.2) is 26.0 Å². The summed E-state index contributed by atoms with van der Waals surface area (Å²) in [4.78, 5) is 3.84. The van der Waals surface area contributed by atoms with Crippen LogP contribution in [0, 0.1) is 0 Å². The number of aliphatic hydroxyl groups excluding tert-OH is 1. The molecule has 1 aromatic rings. The summed E-state index contributed by atoms with van der Waals surface area (Å²) >= 11 is 0. The molecule has 2 rings (SSSR count). The van der Waals surface area contributed by atoms with E-state index in [0.717, 1.165) is 19.3 Å². The summed E-state index contributed by atoms with van der Waals surface area (Å²) < 4.78 is 1.75. The standard InChI is InChI=1S/C7H11N3O/c11-7-3-1-2-6(7)10-5-8-4-9-10/h4-7,11H,1-3H2/t6-,7-/m1/s1. The lowest BCUT2D eigenvalue weighted by molar-refractivity contribution is 0.130. The fourth-order valence-corrected chi connectivity index (χ4v) is 1.62. The van der Waals surface area contributed by atoms with Crippen molar-refractivity contribution in [1.29, 1.82) is 0 Å². The van der Waals surface area contributed by atoms with E-state index >= 15 is 0 Å². The maximum Gasteiger partial charge on any atom is 0.137 e. The van der Waals surface area contributed by atoms with E-state index in [9.17, 15) is 5.11 Å². The molecule has 0 aromatic carbocycles. The molecule has 1 aliphatic carbocycles. The summed E-state index contributed by atoms with van der Waals surface area (Å²) in [6, 6.07) is 0.164. The SMILES string of the molecule is O[C@@H]1CCC[C@H]1n1cncn1. The Kier molecular flexibility index (Phi) is 1.62. The Morgan fingerprint density at radius 3 is 2.91 bits per heavy atom. The predicted molar refractivity (Wildman–Crippen MR) is 38.9 cm³/mol. The average Bonchev–Trinajstić information content (AvgIpc) is 2.55. The first kappa shape index (κ1) is 6.79. The van der Waals surface area contributed by atoms with E-state index in [1.807, 2.05) is 0 Å². The van der Waals surface area contributed by atoms with Crippen molar-refractivity contribution in [1.82, 2.24) is 14.8 Å². The van der Waals surface area contributed by atoms with Crippen molar-refractivity contribution in [2.75, 3.05) is 0 Å². The predicted octanol–water partition coefficient (Wildman–Crippen LogP) is 0.364. The van der Waals surface area contributed by atoms with Gasteiger partial charge in [0.1, 0.15) is 12.7 Å². The van der Waals surface area contributed by atoms with Gasteiger partial charge in [-0.25, -0.2) is 9.67 Å². The van der Waals surface area contributed by atoms with E-state index in [4.69, 9.17) is 0 Å². The van der Waals surface area contributed by atoms with Crippen LogP contribution >= 0.6 is 0 Å². The Morgan fingerprint density at radius 1 is 1.45 bits per heavy atom. The number of rotatable bonds is 1. The minimum absolute atomic E-state index is 0.164. The Morgan fingerprint density at radius 2 is 2.36 bits per heavy atom. The summed E-state index contributed by atoms with van der Waals surface area (Å²) in [6.07, 6.45) is 5.95. The third-order valence-electron chi connectivity index (χ3n) is 2.22. The first-order valence-electron chi connectivity index (χ1n) is 3.90. The lowest BCUT2D eigenvalue weighted by atomic mass is 10.2. The van der Waals surface area contributed by atoms with Gasteiger partial charge >= 0.3 is 0 Å². The molecular weight excluding hydrogens is 142 g/mol. The van der Waals surface area contributed by atoms with Crippen LogP contribution in [0.3, 0.4) is 0 Å². The first-order chi connectivity index (χ1) is 5.38. The van der Waals surface area contributed by atoms with Gasteiger partial charge in [0, 0.05) is 0 Å². The van der Waals surface area contributed by atoms with Crippen LogP contribution in [-0.2, 0) is 0 Å². The highest BCUT2D eigenvalue weighted by molar-refractivity contribution is 4.81. The Labute approximate surface area is 64.9 Å². The highest BCUT2D eigenvalue weighted by atomic mass is 16.3. The van der Waals surface area contributed by atoms with E-state index in [2.05, 4.69) is 10.1 Å². The molecule has 0 amide bonds. The van der Waals surface area contributed by atoms with Gasteiger partial charge in [0.2, 0.25) is 0 Å². The molecule has 0 aliphatic heterocycles. The van der Waals surface area contributed by atoms with Crippen molar-refractivity contribution in [3.05, 3.63) is 12.7 Å². The molecule has 1 aromatic heterocycles. The van der Waals surface area contributed by atoms with Crippen molar-refractivity contribution < 1.29 is 5.11 Å². The van der Waals surface area contributed by atoms with Gasteiger partial charge in [-0.2, -0.15) is 5.10 Å². The number of hydrogen-bond acceptors (Lipinski definition) is 3. The molecule has 0 spiro atoms. The van der Waals surface area contributed by atoms with E-state index in [1.165, 1.54) is 6.33 Å². The maximum absolute atomic E-state index is 9.47. The monoisotopic (exact) mass is 153 g/mol. The van der Waals surface area contributed by atoms with Crippen LogP contribution < -0.4 is 0 Å². The van der Waals surface area contributed by atoms with Gasteiger partial charge in [-0.05, 0) is 19.3 Å². The van der Waals surface area contributed by atoms with Crippen LogP contribution in [0.4, 0.5) is 0 Å². The highest BCUT2D eigenvalue weighted by Crippen LogP contribution is 2.28. The molecule has 4 heteroatoms. The molecule has 1 heterocycles. The van der Waals surface area contributed by atoms with Gasteiger partial charge in [-0.3, -0.25) is 0 Å². The molecule has 1 fully saturated rings. The van der Waals surface area contributed by atoms with Crippen molar-refractivity contribution in [3.8, 4) is 0 Å². The van der Waals surface area contributed by atoms with Crippen molar-refractivity contribution in [2.45, 2.75) is 31.4 Å². The third kappa shape index (κ3) is 1.14. The number of aliphatic hydroxyl groups is 1. The molecule has 0 saturated heterocycles. The lowest BCUT2D eigenvalue weighted by Crippen LogP contribution is -2.18. The first-order valence-corrected chi connectivity index (χ1v) is 3.90. The Balaban J connectivity index is 2.16. The van der Waals surface area contributed by atoms with Gasteiger partial charge in [0.25, 0.3) is 0 Å². The molecule has 4 nitrogen and oxygen atoms in total. The number of nitrogens with zero attached hydrogens (tertiary/aromatic N) is 3. The van der Waals surface area contributed by atoms with E-state index in [0.29, 0.717) is 0 Å². The molecule has 1 N–H and O–H groups in total. The van der Waals surface area contributed by atoms with Gasteiger partial charge < -0.3 is 5.11 Å². The number of aromatic nitrogens is 3. The van der Waals surface area contributed by atoms with Crippen molar-refractivity contribution in [3.63, 3.8) is 0 Å². The zero-order chi connectivity index (χ0) is 7.68. The normalized spacial score (nSPS) is 31.0. The summed E-state index contributed by atoms with van der Waals surface area (Å²) in [5, 5.41) is 13.5. The molecule has 11 heavy (non-hydrogen) atoms. The highest BCUT2D eigenvalue weighted by Gasteiger charge is 2.26. The molecule has 0 radical (unpaired) electrons. The minimum Gasteiger partial charge on any atom is -0.391 e. The second-order valence-electron chi connectivity index (χ2n) is 2.94. The van der Waals surface area contributed by atoms with Gasteiger partial charge in [0.15, 0.2) is 0 Å². The van der Waals surface area contributed by atoms with Gasteiger partial charge in [-0.15, -0.1) is 0 Å². The van der Waals surface area contributed by atoms with Crippen LogP contribution in [0.15, 0.2) is 12.7 Å². The third-order valence-corrected chi connectivity index (χ3v) is 2.22. The molecule has 2 atom stereocenters. The second-order valence-corrected chi connectivity index (χ2v) is 2.94. The maximum atomic E-state index is 9.47. The summed E-state index contributed by atoms with van der Waals surface area (Å²) in [5.41, 5.74) is 0. The van der Waals surface area contributed by atoms with Crippen LogP contribution in [0.5, 0.6) is 0 Å². The fraction of sp³-hybridized carbons (Fsp3) is 0.714. The van der Waals surface area contributed by atoms with Crippen LogP contribution in [0.25, 0.3) is 0 Å². The average molecular weight is 153 g/mol.